The number of unbranched alkanes of at least 4 members (excludes halogenated alkanes) is 2. The smallest absolute Gasteiger partial charge is 0.0738 e. The standard InChI is InChI=1S/C11H22N4/c1-4-5-6-7-10(2)12-8-11-9-13-14-15(11)3/h9-10,12H,4-8H2,1-3H3. The van der Waals surface area contributed by atoms with Gasteiger partial charge in [-0.1, -0.05) is 31.4 Å². The highest BCUT2D eigenvalue weighted by molar-refractivity contribution is 4.92. The van der Waals surface area contributed by atoms with Gasteiger partial charge in [0.05, 0.1) is 11.9 Å². The number of rotatable bonds is 7. The minimum absolute atomic E-state index is 0.575. The van der Waals surface area contributed by atoms with Gasteiger partial charge in [0.2, 0.25) is 0 Å². The molecule has 0 fully saturated rings. The van der Waals surface area contributed by atoms with E-state index in [9.17, 15) is 0 Å². The summed E-state index contributed by atoms with van der Waals surface area (Å²) in [6, 6.07) is 0.575. The Morgan fingerprint density at radius 1 is 1.47 bits per heavy atom. The van der Waals surface area contributed by atoms with Crippen LogP contribution in [0, 0.1) is 0 Å². The lowest BCUT2D eigenvalue weighted by molar-refractivity contribution is 0.476. The summed E-state index contributed by atoms with van der Waals surface area (Å²) in [5.74, 6) is 0. The molecular formula is C11H22N4. The second-order valence-electron chi connectivity index (χ2n) is 4.13. The third-order valence-electron chi connectivity index (χ3n) is 2.68. The van der Waals surface area contributed by atoms with E-state index < -0.39 is 0 Å². The molecule has 0 aliphatic carbocycles. The molecule has 0 amide bonds. The van der Waals surface area contributed by atoms with E-state index in [0.717, 1.165) is 12.2 Å². The molecule has 0 aromatic carbocycles. The van der Waals surface area contributed by atoms with E-state index in [0.29, 0.717) is 6.04 Å². The summed E-state index contributed by atoms with van der Waals surface area (Å²) in [6.45, 7) is 5.33. The zero-order valence-electron chi connectivity index (χ0n) is 10.0. The first-order chi connectivity index (χ1) is 7.24. The van der Waals surface area contributed by atoms with E-state index in [1.807, 2.05) is 17.9 Å². The molecule has 1 N–H and O–H groups in total. The van der Waals surface area contributed by atoms with Gasteiger partial charge in [-0.15, -0.1) is 5.10 Å². The van der Waals surface area contributed by atoms with Crippen molar-refractivity contribution in [3.63, 3.8) is 0 Å². The average molecular weight is 210 g/mol. The Morgan fingerprint density at radius 3 is 2.87 bits per heavy atom. The first-order valence-corrected chi connectivity index (χ1v) is 5.81. The zero-order chi connectivity index (χ0) is 11.1. The van der Waals surface area contributed by atoms with E-state index in [4.69, 9.17) is 0 Å². The summed E-state index contributed by atoms with van der Waals surface area (Å²) in [5, 5.41) is 11.2. The average Bonchev–Trinajstić information content (AvgIpc) is 2.61. The first kappa shape index (κ1) is 12.2. The SMILES string of the molecule is CCCCCC(C)NCc1cnnn1C. The van der Waals surface area contributed by atoms with Crippen molar-refractivity contribution in [1.29, 1.82) is 0 Å². The van der Waals surface area contributed by atoms with Gasteiger partial charge in [0.1, 0.15) is 0 Å². The summed E-state index contributed by atoms with van der Waals surface area (Å²) >= 11 is 0. The molecule has 1 rings (SSSR count). The lowest BCUT2D eigenvalue weighted by Gasteiger charge is -2.12. The fourth-order valence-electron chi connectivity index (χ4n) is 1.55. The van der Waals surface area contributed by atoms with Crippen LogP contribution in [-0.2, 0) is 13.6 Å². The number of nitrogens with one attached hydrogen (secondary N) is 1. The Kier molecular flexibility index (Phi) is 5.32. The lowest BCUT2D eigenvalue weighted by Crippen LogP contribution is -2.26. The molecule has 0 aliphatic rings. The minimum Gasteiger partial charge on any atom is -0.309 e. The van der Waals surface area contributed by atoms with Crippen LogP contribution in [0.2, 0.25) is 0 Å². The van der Waals surface area contributed by atoms with Crippen molar-refractivity contribution in [2.75, 3.05) is 0 Å². The quantitative estimate of drug-likeness (QED) is 0.699. The Bertz CT molecular complexity index is 269. The fraction of sp³-hybridized carbons (Fsp3) is 0.818. The Labute approximate surface area is 92.1 Å². The predicted octanol–water partition coefficient (Wildman–Crippen LogP) is 1.87. The molecular weight excluding hydrogens is 188 g/mol. The van der Waals surface area contributed by atoms with Crippen molar-refractivity contribution < 1.29 is 0 Å². The highest BCUT2D eigenvalue weighted by Crippen LogP contribution is 2.03. The third-order valence-corrected chi connectivity index (χ3v) is 2.68. The van der Waals surface area contributed by atoms with E-state index in [2.05, 4.69) is 29.5 Å². The molecule has 0 saturated carbocycles. The molecule has 15 heavy (non-hydrogen) atoms. The van der Waals surface area contributed by atoms with Crippen molar-refractivity contribution in [2.24, 2.45) is 7.05 Å². The van der Waals surface area contributed by atoms with E-state index >= 15 is 0 Å². The summed E-state index contributed by atoms with van der Waals surface area (Å²) in [6.07, 6.45) is 7.00. The lowest BCUT2D eigenvalue weighted by atomic mass is 10.1. The number of hydrogen-bond donors (Lipinski definition) is 1. The number of nitrogens with zero attached hydrogens (tertiary/aromatic N) is 3. The maximum atomic E-state index is 3.90. The highest BCUT2D eigenvalue weighted by Gasteiger charge is 2.03. The van der Waals surface area contributed by atoms with Gasteiger partial charge < -0.3 is 5.32 Å². The van der Waals surface area contributed by atoms with E-state index in [-0.39, 0.29) is 0 Å². The molecule has 0 aliphatic heterocycles. The molecule has 1 aromatic rings. The van der Waals surface area contributed by atoms with Crippen LogP contribution in [0.5, 0.6) is 0 Å². The first-order valence-electron chi connectivity index (χ1n) is 5.81. The molecule has 0 spiro atoms. The van der Waals surface area contributed by atoms with Gasteiger partial charge in [0.15, 0.2) is 0 Å². The highest BCUT2D eigenvalue weighted by atomic mass is 15.4. The van der Waals surface area contributed by atoms with Crippen LogP contribution in [0.15, 0.2) is 6.20 Å². The molecule has 0 radical (unpaired) electrons. The van der Waals surface area contributed by atoms with Crippen molar-refractivity contribution in [2.45, 2.75) is 52.1 Å². The largest absolute Gasteiger partial charge is 0.309 e. The van der Waals surface area contributed by atoms with E-state index in [1.54, 1.807) is 0 Å². The van der Waals surface area contributed by atoms with Crippen LogP contribution in [0.25, 0.3) is 0 Å². The molecule has 1 heterocycles. The van der Waals surface area contributed by atoms with Crippen molar-refractivity contribution in [3.05, 3.63) is 11.9 Å². The van der Waals surface area contributed by atoms with E-state index in [1.165, 1.54) is 25.7 Å². The number of aryl methyl sites for hydroxylation is 1. The molecule has 1 aromatic heterocycles. The fourth-order valence-corrected chi connectivity index (χ4v) is 1.55. The molecule has 4 nitrogen and oxygen atoms in total. The second kappa shape index (κ2) is 6.56. The van der Waals surface area contributed by atoms with Crippen molar-refractivity contribution >= 4 is 0 Å². The summed E-state index contributed by atoms with van der Waals surface area (Å²) < 4.78 is 1.81. The van der Waals surface area contributed by atoms with Crippen molar-refractivity contribution in [1.82, 2.24) is 20.3 Å². The van der Waals surface area contributed by atoms with Crippen LogP contribution in [0.4, 0.5) is 0 Å². The number of hydrogen-bond acceptors (Lipinski definition) is 3. The van der Waals surface area contributed by atoms with Crippen LogP contribution in [-0.4, -0.2) is 21.0 Å². The van der Waals surface area contributed by atoms with Crippen LogP contribution >= 0.6 is 0 Å². The van der Waals surface area contributed by atoms with Gasteiger partial charge in [-0.2, -0.15) is 0 Å². The maximum Gasteiger partial charge on any atom is 0.0738 e. The second-order valence-corrected chi connectivity index (χ2v) is 4.13. The molecule has 4 heteroatoms. The third kappa shape index (κ3) is 4.42. The Balaban J connectivity index is 2.16. The Morgan fingerprint density at radius 2 is 2.27 bits per heavy atom. The summed E-state index contributed by atoms with van der Waals surface area (Å²) in [7, 11) is 1.92. The molecule has 1 unspecified atom stereocenters. The zero-order valence-corrected chi connectivity index (χ0v) is 10.0. The van der Waals surface area contributed by atoms with Crippen LogP contribution in [0.3, 0.4) is 0 Å². The van der Waals surface area contributed by atoms with Crippen LogP contribution < -0.4 is 5.32 Å². The minimum atomic E-state index is 0.575. The van der Waals surface area contributed by atoms with Gasteiger partial charge in [-0.25, -0.2) is 0 Å². The number of aromatic nitrogens is 3. The monoisotopic (exact) mass is 210 g/mol. The van der Waals surface area contributed by atoms with Gasteiger partial charge in [-0.05, 0) is 13.3 Å². The summed E-state index contributed by atoms with van der Waals surface area (Å²) in [4.78, 5) is 0. The predicted molar refractivity (Wildman–Crippen MR) is 61.4 cm³/mol. The van der Waals surface area contributed by atoms with Gasteiger partial charge in [0, 0.05) is 19.6 Å². The molecule has 0 bridgehead atoms. The van der Waals surface area contributed by atoms with Crippen LogP contribution in [0.1, 0.15) is 45.2 Å². The van der Waals surface area contributed by atoms with Gasteiger partial charge >= 0.3 is 0 Å². The van der Waals surface area contributed by atoms with Gasteiger partial charge in [-0.3, -0.25) is 4.68 Å². The van der Waals surface area contributed by atoms with Crippen molar-refractivity contribution in [3.8, 4) is 0 Å². The normalized spacial score (nSPS) is 13.0. The summed E-state index contributed by atoms with van der Waals surface area (Å²) in [5.41, 5.74) is 1.14. The molecule has 86 valence electrons. The Hall–Kier alpha value is -0.900. The topological polar surface area (TPSA) is 42.7 Å². The maximum absolute atomic E-state index is 3.90. The molecule has 0 saturated heterocycles. The van der Waals surface area contributed by atoms with Gasteiger partial charge in [0.25, 0.3) is 0 Å². The molecule has 1 atom stereocenters.